The molecule has 0 aliphatic carbocycles. The summed E-state index contributed by atoms with van der Waals surface area (Å²) in [6.45, 7) is 0. The Morgan fingerprint density at radius 3 is 2.73 bits per heavy atom. The summed E-state index contributed by atoms with van der Waals surface area (Å²) in [5.41, 5.74) is 5.74. The fourth-order valence-corrected chi connectivity index (χ4v) is 4.21. The number of imidazole rings is 1. The summed E-state index contributed by atoms with van der Waals surface area (Å²) in [5, 5.41) is 11.8. The minimum absolute atomic E-state index is 0.247. The first-order valence-corrected chi connectivity index (χ1v) is 10.0. The Morgan fingerprint density at radius 2 is 1.90 bits per heavy atom. The van der Waals surface area contributed by atoms with Gasteiger partial charge in [-0.25, -0.2) is 24.3 Å². The van der Waals surface area contributed by atoms with Crippen molar-refractivity contribution < 1.29 is 4.39 Å². The molecule has 0 amide bonds. The molecule has 2 N–H and O–H groups in total. The molecule has 0 fully saturated rings. The van der Waals surface area contributed by atoms with Crippen molar-refractivity contribution in [2.75, 3.05) is 0 Å². The lowest BCUT2D eigenvalue weighted by atomic mass is 10.1. The average Bonchev–Trinajstić information content (AvgIpc) is 3.52. The molecule has 6 rings (SSSR count). The molecule has 0 saturated carbocycles. The van der Waals surface area contributed by atoms with Crippen LogP contribution in [-0.2, 0) is 0 Å². The number of aromatic amines is 2. The molecule has 7 nitrogen and oxygen atoms in total. The molecule has 0 aliphatic rings. The standard InChI is InChI=1S/C21H12FN7S/c22-16-6-12(13-7-23-10-24-8-13)5-15-17(16)28-29-19(15)21-26-18-14(11-2-4-30-9-11)1-3-25-20(18)27-21/h1-10H,(H,28,29)(H,25,26,27). The average molecular weight is 413 g/mol. The van der Waals surface area contributed by atoms with Gasteiger partial charge in [0.1, 0.15) is 17.5 Å². The highest BCUT2D eigenvalue weighted by molar-refractivity contribution is 7.08. The van der Waals surface area contributed by atoms with Crippen LogP contribution >= 0.6 is 11.3 Å². The molecular weight excluding hydrogens is 401 g/mol. The molecule has 1 aromatic carbocycles. The van der Waals surface area contributed by atoms with Crippen molar-refractivity contribution in [2.24, 2.45) is 0 Å². The Kier molecular flexibility index (Phi) is 3.68. The largest absolute Gasteiger partial charge is 0.335 e. The molecule has 0 aliphatic heterocycles. The number of fused-ring (bicyclic) bond motifs is 2. The maximum atomic E-state index is 14.8. The van der Waals surface area contributed by atoms with Gasteiger partial charge in [-0.15, -0.1) is 0 Å². The number of benzene rings is 1. The molecule has 0 unspecified atom stereocenters. The van der Waals surface area contributed by atoms with Gasteiger partial charge in [0.05, 0.1) is 5.52 Å². The number of H-pyrrole nitrogens is 2. The van der Waals surface area contributed by atoms with Crippen molar-refractivity contribution in [2.45, 2.75) is 0 Å². The minimum Gasteiger partial charge on any atom is -0.335 e. The molecule has 144 valence electrons. The first-order valence-electron chi connectivity index (χ1n) is 9.08. The van der Waals surface area contributed by atoms with Crippen LogP contribution in [0.3, 0.4) is 0 Å². The van der Waals surface area contributed by atoms with E-state index >= 15 is 0 Å². The second-order valence-electron chi connectivity index (χ2n) is 6.73. The SMILES string of the molecule is Fc1cc(-c2cncnc2)cc2c(-c3nc4nccc(-c5ccsc5)c4[nH]3)[nH]nc12. The first-order chi connectivity index (χ1) is 14.8. The second kappa shape index (κ2) is 6.53. The number of hydrogen-bond acceptors (Lipinski definition) is 6. The number of nitrogens with one attached hydrogen (secondary N) is 2. The minimum atomic E-state index is -0.429. The van der Waals surface area contributed by atoms with Gasteiger partial charge in [0.15, 0.2) is 17.3 Å². The number of rotatable bonds is 3. The zero-order chi connectivity index (χ0) is 20.1. The summed E-state index contributed by atoms with van der Waals surface area (Å²) in [4.78, 5) is 20.4. The molecule has 0 spiro atoms. The van der Waals surface area contributed by atoms with Crippen molar-refractivity contribution in [3.8, 4) is 33.8 Å². The molecule has 9 heteroatoms. The quantitative estimate of drug-likeness (QED) is 0.433. The van der Waals surface area contributed by atoms with Gasteiger partial charge in [-0.2, -0.15) is 16.4 Å². The van der Waals surface area contributed by atoms with Gasteiger partial charge >= 0.3 is 0 Å². The van der Waals surface area contributed by atoms with E-state index in [2.05, 4.69) is 46.6 Å². The summed E-state index contributed by atoms with van der Waals surface area (Å²) < 4.78 is 14.8. The maximum Gasteiger partial charge on any atom is 0.178 e. The van der Waals surface area contributed by atoms with Gasteiger partial charge in [0, 0.05) is 35.1 Å². The Morgan fingerprint density at radius 1 is 1.00 bits per heavy atom. The zero-order valence-electron chi connectivity index (χ0n) is 15.3. The highest BCUT2D eigenvalue weighted by Crippen LogP contribution is 2.33. The lowest BCUT2D eigenvalue weighted by Gasteiger charge is -2.02. The maximum absolute atomic E-state index is 14.8. The Labute approximate surface area is 172 Å². The normalized spacial score (nSPS) is 11.5. The Balaban J connectivity index is 1.56. The zero-order valence-corrected chi connectivity index (χ0v) is 16.1. The van der Waals surface area contributed by atoms with E-state index in [0.29, 0.717) is 28.1 Å². The van der Waals surface area contributed by atoms with E-state index in [-0.39, 0.29) is 5.52 Å². The van der Waals surface area contributed by atoms with Crippen LogP contribution in [0.2, 0.25) is 0 Å². The van der Waals surface area contributed by atoms with E-state index in [4.69, 9.17) is 0 Å². The molecule has 0 bridgehead atoms. The Bertz CT molecular complexity index is 1500. The van der Waals surface area contributed by atoms with Crippen molar-refractivity contribution in [1.82, 2.24) is 35.1 Å². The lowest BCUT2D eigenvalue weighted by molar-refractivity contribution is 0.636. The number of thiophene rings is 1. The van der Waals surface area contributed by atoms with Crippen LogP contribution in [0, 0.1) is 5.82 Å². The summed E-state index contributed by atoms with van der Waals surface area (Å²) in [5.74, 6) is 0.116. The number of pyridine rings is 1. The highest BCUT2D eigenvalue weighted by Gasteiger charge is 2.18. The van der Waals surface area contributed by atoms with Crippen LogP contribution in [-0.4, -0.2) is 35.1 Å². The van der Waals surface area contributed by atoms with E-state index in [1.807, 2.05) is 17.5 Å². The fourth-order valence-electron chi connectivity index (χ4n) is 3.56. The van der Waals surface area contributed by atoms with Crippen LogP contribution in [0.25, 0.3) is 55.8 Å². The van der Waals surface area contributed by atoms with E-state index < -0.39 is 5.82 Å². The molecule has 0 atom stereocenters. The molecule has 5 aromatic heterocycles. The van der Waals surface area contributed by atoms with Gasteiger partial charge in [-0.05, 0) is 46.2 Å². The van der Waals surface area contributed by atoms with Crippen molar-refractivity contribution >= 4 is 33.4 Å². The van der Waals surface area contributed by atoms with Crippen molar-refractivity contribution in [1.29, 1.82) is 0 Å². The molecular formula is C21H12FN7S. The summed E-state index contributed by atoms with van der Waals surface area (Å²) >= 11 is 1.63. The van der Waals surface area contributed by atoms with Crippen LogP contribution in [0.5, 0.6) is 0 Å². The van der Waals surface area contributed by atoms with Gasteiger partial charge in [-0.1, -0.05) is 0 Å². The number of halogens is 1. The van der Waals surface area contributed by atoms with Crippen molar-refractivity contribution in [3.63, 3.8) is 0 Å². The number of hydrogen-bond donors (Lipinski definition) is 2. The van der Waals surface area contributed by atoms with Gasteiger partial charge < -0.3 is 4.98 Å². The van der Waals surface area contributed by atoms with Crippen LogP contribution in [0.4, 0.5) is 4.39 Å². The third-order valence-corrected chi connectivity index (χ3v) is 5.65. The number of aromatic nitrogens is 7. The molecule has 30 heavy (non-hydrogen) atoms. The summed E-state index contributed by atoms with van der Waals surface area (Å²) in [6.07, 6.45) is 6.46. The summed E-state index contributed by atoms with van der Waals surface area (Å²) in [6, 6.07) is 7.29. The molecule has 5 heterocycles. The topological polar surface area (TPSA) is 96.0 Å². The highest BCUT2D eigenvalue weighted by atomic mass is 32.1. The van der Waals surface area contributed by atoms with Gasteiger partial charge in [0.25, 0.3) is 0 Å². The van der Waals surface area contributed by atoms with E-state index in [1.165, 1.54) is 12.4 Å². The van der Waals surface area contributed by atoms with E-state index in [1.54, 1.807) is 29.9 Å². The van der Waals surface area contributed by atoms with Gasteiger partial charge in [0.2, 0.25) is 0 Å². The predicted molar refractivity (Wildman–Crippen MR) is 113 cm³/mol. The first kappa shape index (κ1) is 16.9. The van der Waals surface area contributed by atoms with Crippen LogP contribution in [0.15, 0.2) is 59.9 Å². The predicted octanol–water partition coefficient (Wildman–Crippen LogP) is 4.83. The molecule has 0 radical (unpaired) electrons. The van der Waals surface area contributed by atoms with Crippen LogP contribution < -0.4 is 0 Å². The van der Waals surface area contributed by atoms with E-state index in [9.17, 15) is 4.39 Å². The number of nitrogens with zero attached hydrogens (tertiary/aromatic N) is 5. The third-order valence-electron chi connectivity index (χ3n) is 4.97. The van der Waals surface area contributed by atoms with Gasteiger partial charge in [-0.3, -0.25) is 5.10 Å². The second-order valence-corrected chi connectivity index (χ2v) is 7.51. The summed E-state index contributed by atoms with van der Waals surface area (Å²) in [7, 11) is 0. The van der Waals surface area contributed by atoms with E-state index in [0.717, 1.165) is 22.2 Å². The Hall–Kier alpha value is -3.98. The fraction of sp³-hybridized carbons (Fsp3) is 0. The smallest absolute Gasteiger partial charge is 0.178 e. The monoisotopic (exact) mass is 413 g/mol. The lowest BCUT2D eigenvalue weighted by Crippen LogP contribution is -1.86. The van der Waals surface area contributed by atoms with Crippen molar-refractivity contribution in [3.05, 3.63) is 65.8 Å². The molecule has 0 saturated heterocycles. The molecule has 6 aromatic rings. The van der Waals surface area contributed by atoms with Crippen LogP contribution in [0.1, 0.15) is 0 Å². The third kappa shape index (κ3) is 2.60.